The molecule has 3 aromatic carbocycles. The minimum absolute atomic E-state index is 0.0857. The Morgan fingerprint density at radius 1 is 1.00 bits per heavy atom. The molecule has 2 atom stereocenters. The summed E-state index contributed by atoms with van der Waals surface area (Å²) in [6.45, 7) is 4.90. The van der Waals surface area contributed by atoms with E-state index in [0.29, 0.717) is 55.5 Å². The summed E-state index contributed by atoms with van der Waals surface area (Å²) in [4.78, 5) is 50.1. The van der Waals surface area contributed by atoms with Crippen LogP contribution in [0.3, 0.4) is 0 Å². The number of ether oxygens (including phenoxy) is 1. The summed E-state index contributed by atoms with van der Waals surface area (Å²) in [6, 6.07) is 16.6. The molecule has 0 bridgehead atoms. The van der Waals surface area contributed by atoms with Crippen molar-refractivity contribution in [3.63, 3.8) is 0 Å². The van der Waals surface area contributed by atoms with Gasteiger partial charge >= 0.3 is 6.18 Å². The van der Waals surface area contributed by atoms with E-state index in [-0.39, 0.29) is 36.1 Å². The molecule has 3 amide bonds. The van der Waals surface area contributed by atoms with Crippen molar-refractivity contribution in [3.05, 3.63) is 113 Å². The fourth-order valence-corrected chi connectivity index (χ4v) is 6.75. The molecule has 6 rings (SSSR count). The Morgan fingerprint density at radius 3 is 2.33 bits per heavy atom. The van der Waals surface area contributed by atoms with Crippen molar-refractivity contribution in [1.29, 1.82) is 0 Å². The van der Waals surface area contributed by atoms with Crippen LogP contribution in [0.2, 0.25) is 0 Å². The Labute approximate surface area is 298 Å². The number of amidine groups is 1. The lowest BCUT2D eigenvalue weighted by Crippen LogP contribution is -2.59. The summed E-state index contributed by atoms with van der Waals surface area (Å²) in [5.41, 5.74) is 6.29. The molecule has 0 aromatic heterocycles. The van der Waals surface area contributed by atoms with Gasteiger partial charge in [0.2, 0.25) is 5.91 Å². The van der Waals surface area contributed by atoms with Crippen LogP contribution in [0, 0.1) is 11.2 Å². The number of halogens is 4. The number of amides is 3. The molecule has 3 aliphatic rings. The molecule has 10 nitrogen and oxygen atoms in total. The van der Waals surface area contributed by atoms with E-state index in [4.69, 9.17) is 15.5 Å². The predicted molar refractivity (Wildman–Crippen MR) is 186 cm³/mol. The van der Waals surface area contributed by atoms with Crippen molar-refractivity contribution >= 4 is 29.2 Å². The third-order valence-corrected chi connectivity index (χ3v) is 9.70. The number of alkyl halides is 3. The minimum Gasteiger partial charge on any atom is -0.400 e. The van der Waals surface area contributed by atoms with Gasteiger partial charge in [0.15, 0.2) is 0 Å². The largest absolute Gasteiger partial charge is 0.416 e. The molecule has 0 radical (unpaired) electrons. The van der Waals surface area contributed by atoms with Crippen LogP contribution in [-0.4, -0.2) is 85.3 Å². The van der Waals surface area contributed by atoms with E-state index in [1.165, 1.54) is 35.2 Å². The molecule has 2 saturated heterocycles. The maximum atomic E-state index is 14.4. The lowest BCUT2D eigenvalue weighted by atomic mass is 9.78. The zero-order valence-corrected chi connectivity index (χ0v) is 28.6. The average molecular weight is 721 g/mol. The van der Waals surface area contributed by atoms with Crippen molar-refractivity contribution in [3.8, 4) is 0 Å². The first kappa shape index (κ1) is 36.7. The number of benzene rings is 3. The fraction of sp³-hybridized carbons (Fsp3) is 0.368. The van der Waals surface area contributed by atoms with E-state index in [2.05, 4.69) is 15.5 Å². The highest BCUT2D eigenvalue weighted by Gasteiger charge is 2.51. The quantitative estimate of drug-likeness (QED) is 0.259. The van der Waals surface area contributed by atoms with Crippen LogP contribution in [0.4, 0.5) is 23.2 Å². The third kappa shape index (κ3) is 8.02. The second-order valence-electron chi connectivity index (χ2n) is 13.2. The summed E-state index contributed by atoms with van der Waals surface area (Å²) < 4.78 is 60.4. The van der Waals surface area contributed by atoms with Crippen LogP contribution in [0.15, 0.2) is 95.1 Å². The standard InChI is InChI=1S/C38H40F4N6O4/c1-2-48-33(45-28-9-4-3-5-10-28)31(29(43)22-44-36(51)37(15-16-37)23-47-17-19-52-20-18-47)30(24-11-13-27(39)14-12-24)32(35(48)50)46-34(49)25-7-6-8-26(21-25)38(40,41)42/h3-14,21,30,32H,2,15-20,22-23,43H2,1H3,(H,44,51)(H,46,49)/b31-29-,45-33?. The first-order chi connectivity index (χ1) is 24.9. The number of hydrogen-bond acceptors (Lipinski definition) is 7. The highest BCUT2D eigenvalue weighted by molar-refractivity contribution is 6.16. The van der Waals surface area contributed by atoms with Gasteiger partial charge in [0, 0.05) is 48.9 Å². The number of nitrogens with two attached hydrogens (primary N) is 1. The molecule has 2 aliphatic heterocycles. The molecule has 2 unspecified atom stereocenters. The number of likely N-dealkylation sites (tertiary alicyclic amines) is 1. The van der Waals surface area contributed by atoms with E-state index in [1.807, 2.05) is 0 Å². The highest BCUT2D eigenvalue weighted by Crippen LogP contribution is 2.47. The Kier molecular flexibility index (Phi) is 10.8. The van der Waals surface area contributed by atoms with Crippen molar-refractivity contribution in [2.45, 2.75) is 37.9 Å². The van der Waals surface area contributed by atoms with E-state index in [0.717, 1.165) is 25.2 Å². The number of morpholine rings is 1. The molecule has 4 N–H and O–H groups in total. The first-order valence-electron chi connectivity index (χ1n) is 17.2. The number of piperidine rings is 1. The van der Waals surface area contributed by atoms with Crippen LogP contribution in [0.25, 0.3) is 0 Å². The van der Waals surface area contributed by atoms with Gasteiger partial charge in [0.25, 0.3) is 11.8 Å². The smallest absolute Gasteiger partial charge is 0.400 e. The number of aliphatic imine (C=N–C) groups is 1. The topological polar surface area (TPSA) is 129 Å². The molecule has 3 aromatic rings. The number of hydrogen-bond donors (Lipinski definition) is 3. The number of rotatable bonds is 10. The number of carbonyl (C=O) groups is 3. The lowest BCUT2D eigenvalue weighted by Gasteiger charge is -2.41. The van der Waals surface area contributed by atoms with Gasteiger partial charge in [-0.25, -0.2) is 9.38 Å². The molecule has 274 valence electrons. The van der Waals surface area contributed by atoms with E-state index in [9.17, 15) is 31.9 Å². The Hall–Kier alpha value is -5.08. The van der Waals surface area contributed by atoms with Crippen LogP contribution in [-0.2, 0) is 20.5 Å². The highest BCUT2D eigenvalue weighted by atomic mass is 19.4. The van der Waals surface area contributed by atoms with Gasteiger partial charge in [-0.15, -0.1) is 0 Å². The summed E-state index contributed by atoms with van der Waals surface area (Å²) in [7, 11) is 0. The molecule has 52 heavy (non-hydrogen) atoms. The van der Waals surface area contributed by atoms with Crippen molar-refractivity contribution in [1.82, 2.24) is 20.4 Å². The van der Waals surface area contributed by atoms with Gasteiger partial charge < -0.3 is 21.1 Å². The van der Waals surface area contributed by atoms with Gasteiger partial charge in [-0.1, -0.05) is 36.4 Å². The lowest BCUT2D eigenvalue weighted by molar-refractivity contribution is -0.137. The zero-order chi connectivity index (χ0) is 37.0. The van der Waals surface area contributed by atoms with E-state index in [1.54, 1.807) is 37.3 Å². The summed E-state index contributed by atoms with van der Waals surface area (Å²) in [6.07, 6.45) is -3.27. The maximum absolute atomic E-state index is 14.4. The SMILES string of the molecule is CCN1C(=O)C(NC(=O)c2cccc(C(F)(F)F)c2)C(c2ccc(F)cc2)/C(=C(/N)CNC(=O)C2(CN3CCOCC3)CC2)C1=Nc1ccccc1. The summed E-state index contributed by atoms with van der Waals surface area (Å²) in [5, 5.41) is 5.66. The van der Waals surface area contributed by atoms with Crippen LogP contribution in [0.1, 0.15) is 47.2 Å². The number of carbonyl (C=O) groups excluding carboxylic acids is 3. The second-order valence-corrected chi connectivity index (χ2v) is 13.2. The Balaban J connectivity index is 1.41. The molecule has 2 heterocycles. The van der Waals surface area contributed by atoms with Gasteiger partial charge in [-0.3, -0.25) is 24.2 Å². The average Bonchev–Trinajstić information content (AvgIpc) is 3.93. The molecule has 1 saturated carbocycles. The fourth-order valence-electron chi connectivity index (χ4n) is 6.75. The molecule has 14 heteroatoms. The van der Waals surface area contributed by atoms with Crippen LogP contribution >= 0.6 is 0 Å². The van der Waals surface area contributed by atoms with E-state index >= 15 is 0 Å². The third-order valence-electron chi connectivity index (χ3n) is 9.70. The predicted octanol–water partition coefficient (Wildman–Crippen LogP) is 4.76. The Bertz CT molecular complexity index is 1850. The van der Waals surface area contributed by atoms with Gasteiger partial charge in [0.05, 0.1) is 36.4 Å². The van der Waals surface area contributed by atoms with Crippen LogP contribution < -0.4 is 16.4 Å². The number of nitrogens with one attached hydrogen (secondary N) is 2. The number of para-hydroxylation sites is 1. The normalized spacial score (nSPS) is 22.2. The maximum Gasteiger partial charge on any atom is 0.416 e. The molecule has 1 aliphatic carbocycles. The summed E-state index contributed by atoms with van der Waals surface area (Å²) in [5.74, 6) is -3.16. The van der Waals surface area contributed by atoms with Crippen molar-refractivity contribution in [2.75, 3.05) is 45.9 Å². The molecule has 3 fully saturated rings. The number of likely N-dealkylation sites (N-methyl/N-ethyl adjacent to an activating group) is 1. The second kappa shape index (κ2) is 15.3. The minimum atomic E-state index is -4.70. The van der Waals surface area contributed by atoms with E-state index < -0.39 is 46.7 Å². The zero-order valence-electron chi connectivity index (χ0n) is 28.6. The molecule has 0 spiro atoms. The molecular formula is C38H40F4N6O4. The van der Waals surface area contributed by atoms with Crippen molar-refractivity contribution in [2.24, 2.45) is 16.1 Å². The Morgan fingerprint density at radius 2 is 1.69 bits per heavy atom. The van der Waals surface area contributed by atoms with Crippen LogP contribution in [0.5, 0.6) is 0 Å². The van der Waals surface area contributed by atoms with Gasteiger partial charge in [-0.2, -0.15) is 13.2 Å². The van der Waals surface area contributed by atoms with Crippen molar-refractivity contribution < 1.29 is 36.7 Å². The molecular weight excluding hydrogens is 680 g/mol. The monoisotopic (exact) mass is 720 g/mol. The van der Waals surface area contributed by atoms with Gasteiger partial charge in [0.1, 0.15) is 17.7 Å². The first-order valence-corrected chi connectivity index (χ1v) is 17.2. The number of nitrogens with zero attached hydrogens (tertiary/aromatic N) is 3. The van der Waals surface area contributed by atoms with Gasteiger partial charge in [-0.05, 0) is 67.8 Å². The summed E-state index contributed by atoms with van der Waals surface area (Å²) >= 11 is 0.